The summed E-state index contributed by atoms with van der Waals surface area (Å²) in [6.45, 7) is 13.8. The van der Waals surface area contributed by atoms with Gasteiger partial charge in [0, 0.05) is 23.7 Å². The summed E-state index contributed by atoms with van der Waals surface area (Å²) in [6, 6.07) is 0.597. The molecule has 0 saturated carbocycles. The van der Waals surface area contributed by atoms with Crippen molar-refractivity contribution in [1.29, 1.82) is 0 Å². The molecule has 0 aliphatic carbocycles. The maximum Gasteiger partial charge on any atom is 0.0558 e. The lowest BCUT2D eigenvalue weighted by Crippen LogP contribution is -2.62. The molecular weight excluding hydrogens is 236 g/mol. The minimum atomic E-state index is 0.229. The molecule has 0 aromatic rings. The van der Waals surface area contributed by atoms with E-state index >= 15 is 0 Å². The molecule has 1 heterocycles. The van der Waals surface area contributed by atoms with Crippen LogP contribution in [0, 0.1) is 0 Å². The Morgan fingerprint density at radius 1 is 1.11 bits per heavy atom. The van der Waals surface area contributed by atoms with Gasteiger partial charge in [-0.2, -0.15) is 0 Å². The third-order valence-corrected chi connectivity index (χ3v) is 4.99. The Bertz CT molecular complexity index is 258. The summed E-state index contributed by atoms with van der Waals surface area (Å²) in [6.07, 6.45) is 4.84. The summed E-state index contributed by atoms with van der Waals surface area (Å²) in [4.78, 5) is 5.04. The fraction of sp³-hybridized carbons (Fsp3) is 1.00. The largest absolute Gasteiger partial charge is 0.395 e. The molecule has 0 bridgehead atoms. The Labute approximate surface area is 120 Å². The summed E-state index contributed by atoms with van der Waals surface area (Å²) in [5.74, 6) is 0. The van der Waals surface area contributed by atoms with Crippen molar-refractivity contribution in [3.63, 3.8) is 0 Å². The number of piperidine rings is 1. The number of aliphatic hydroxyl groups excluding tert-OH is 1. The average Bonchev–Trinajstić information content (AvgIpc) is 2.30. The van der Waals surface area contributed by atoms with E-state index in [9.17, 15) is 5.11 Å². The van der Waals surface area contributed by atoms with Crippen molar-refractivity contribution >= 4 is 0 Å². The van der Waals surface area contributed by atoms with Crippen LogP contribution in [0.4, 0.5) is 0 Å². The standard InChI is InChI=1S/C16H34N2O/c1-7-8-9-18(10-11-19)14-12-15(2,3)17(6)16(4,5)13-14/h14,19H,7-13H2,1-6H3. The van der Waals surface area contributed by atoms with Gasteiger partial charge in [-0.05, 0) is 60.5 Å². The molecule has 1 aliphatic rings. The Kier molecular flexibility index (Phi) is 5.84. The highest BCUT2D eigenvalue weighted by Crippen LogP contribution is 2.38. The van der Waals surface area contributed by atoms with Crippen molar-refractivity contribution in [1.82, 2.24) is 9.80 Å². The lowest BCUT2D eigenvalue weighted by molar-refractivity contribution is -0.0500. The van der Waals surface area contributed by atoms with Gasteiger partial charge in [-0.15, -0.1) is 0 Å². The zero-order valence-corrected chi connectivity index (χ0v) is 13.9. The van der Waals surface area contributed by atoms with Crippen LogP contribution in [0.3, 0.4) is 0 Å². The maximum atomic E-state index is 9.33. The molecule has 3 heteroatoms. The average molecular weight is 270 g/mol. The van der Waals surface area contributed by atoms with Crippen molar-refractivity contribution < 1.29 is 5.11 Å². The van der Waals surface area contributed by atoms with Gasteiger partial charge in [-0.1, -0.05) is 13.3 Å². The monoisotopic (exact) mass is 270 g/mol. The van der Waals surface area contributed by atoms with Gasteiger partial charge >= 0.3 is 0 Å². The van der Waals surface area contributed by atoms with E-state index in [1.165, 1.54) is 25.7 Å². The van der Waals surface area contributed by atoms with E-state index in [1.807, 2.05) is 0 Å². The Balaban J connectivity index is 2.80. The second-order valence-corrected chi connectivity index (χ2v) is 7.36. The van der Waals surface area contributed by atoms with Gasteiger partial charge in [0.05, 0.1) is 6.61 Å². The Morgan fingerprint density at radius 3 is 2.05 bits per heavy atom. The summed E-state index contributed by atoms with van der Waals surface area (Å²) >= 11 is 0. The molecule has 19 heavy (non-hydrogen) atoms. The first-order valence-electron chi connectivity index (χ1n) is 7.83. The van der Waals surface area contributed by atoms with E-state index in [1.54, 1.807) is 0 Å². The summed E-state index contributed by atoms with van der Waals surface area (Å²) in [5.41, 5.74) is 0.457. The number of unbranched alkanes of at least 4 members (excludes halogenated alkanes) is 1. The van der Waals surface area contributed by atoms with Crippen LogP contribution in [0.2, 0.25) is 0 Å². The highest BCUT2D eigenvalue weighted by molar-refractivity contribution is 5.01. The van der Waals surface area contributed by atoms with Crippen LogP contribution in [0.5, 0.6) is 0 Å². The van der Waals surface area contributed by atoms with Crippen LogP contribution < -0.4 is 0 Å². The number of aliphatic hydroxyl groups is 1. The quantitative estimate of drug-likeness (QED) is 0.804. The molecule has 0 amide bonds. The maximum absolute atomic E-state index is 9.33. The molecule has 0 radical (unpaired) electrons. The molecule has 0 spiro atoms. The van der Waals surface area contributed by atoms with Crippen LogP contribution >= 0.6 is 0 Å². The van der Waals surface area contributed by atoms with Crippen molar-refractivity contribution in [2.45, 2.75) is 77.4 Å². The fourth-order valence-corrected chi connectivity index (χ4v) is 3.54. The topological polar surface area (TPSA) is 26.7 Å². The molecule has 1 aliphatic heterocycles. The smallest absolute Gasteiger partial charge is 0.0558 e. The van der Waals surface area contributed by atoms with Crippen LogP contribution in [-0.2, 0) is 0 Å². The highest BCUT2D eigenvalue weighted by Gasteiger charge is 2.44. The van der Waals surface area contributed by atoms with E-state index in [-0.39, 0.29) is 17.7 Å². The van der Waals surface area contributed by atoms with Gasteiger partial charge in [-0.25, -0.2) is 0 Å². The molecule has 114 valence electrons. The normalized spacial score (nSPS) is 24.0. The Morgan fingerprint density at radius 2 is 1.63 bits per heavy atom. The molecule has 3 nitrogen and oxygen atoms in total. The molecule has 0 aromatic heterocycles. The first-order valence-corrected chi connectivity index (χ1v) is 7.83. The third kappa shape index (κ3) is 4.17. The van der Waals surface area contributed by atoms with Crippen LogP contribution in [-0.4, -0.2) is 58.8 Å². The van der Waals surface area contributed by atoms with Crippen LogP contribution in [0.15, 0.2) is 0 Å². The summed E-state index contributed by atoms with van der Waals surface area (Å²) < 4.78 is 0. The van der Waals surface area contributed by atoms with Gasteiger partial charge < -0.3 is 5.11 Å². The van der Waals surface area contributed by atoms with Gasteiger partial charge in [0.25, 0.3) is 0 Å². The SMILES string of the molecule is CCCCN(CCO)C1CC(C)(C)N(C)C(C)(C)C1. The van der Waals surface area contributed by atoms with Crippen molar-refractivity contribution in [3.05, 3.63) is 0 Å². The third-order valence-electron chi connectivity index (χ3n) is 4.99. The zero-order valence-electron chi connectivity index (χ0n) is 13.9. The predicted molar refractivity (Wildman–Crippen MR) is 82.5 cm³/mol. The predicted octanol–water partition coefficient (Wildman–Crippen LogP) is 2.73. The second kappa shape index (κ2) is 6.55. The number of nitrogens with zero attached hydrogens (tertiary/aromatic N) is 2. The second-order valence-electron chi connectivity index (χ2n) is 7.36. The van der Waals surface area contributed by atoms with Gasteiger partial charge in [0.1, 0.15) is 0 Å². The fourth-order valence-electron chi connectivity index (χ4n) is 3.54. The number of likely N-dealkylation sites (tertiary alicyclic amines) is 1. The number of hydrogen-bond acceptors (Lipinski definition) is 3. The molecule has 1 fully saturated rings. The Hall–Kier alpha value is -0.120. The van der Waals surface area contributed by atoms with Gasteiger partial charge in [0.15, 0.2) is 0 Å². The number of rotatable bonds is 6. The van der Waals surface area contributed by atoms with Crippen molar-refractivity contribution in [2.24, 2.45) is 0 Å². The summed E-state index contributed by atoms with van der Waals surface area (Å²) in [5, 5.41) is 9.33. The van der Waals surface area contributed by atoms with Gasteiger partial charge in [0.2, 0.25) is 0 Å². The minimum absolute atomic E-state index is 0.229. The molecule has 0 aromatic carbocycles. The van der Waals surface area contributed by atoms with Crippen LogP contribution in [0.1, 0.15) is 60.3 Å². The molecule has 0 atom stereocenters. The van der Waals surface area contributed by atoms with E-state index in [4.69, 9.17) is 0 Å². The molecule has 0 unspecified atom stereocenters. The first-order chi connectivity index (χ1) is 8.74. The van der Waals surface area contributed by atoms with Crippen molar-refractivity contribution in [2.75, 3.05) is 26.7 Å². The lowest BCUT2D eigenvalue weighted by Gasteiger charge is -2.55. The molecular formula is C16H34N2O. The van der Waals surface area contributed by atoms with E-state index in [2.05, 4.69) is 51.5 Å². The molecule has 1 saturated heterocycles. The minimum Gasteiger partial charge on any atom is -0.395 e. The van der Waals surface area contributed by atoms with E-state index in [0.29, 0.717) is 6.04 Å². The van der Waals surface area contributed by atoms with Crippen molar-refractivity contribution in [3.8, 4) is 0 Å². The first kappa shape index (κ1) is 16.9. The van der Waals surface area contributed by atoms with Gasteiger partial charge in [-0.3, -0.25) is 9.80 Å². The van der Waals surface area contributed by atoms with E-state index in [0.717, 1.165) is 13.1 Å². The van der Waals surface area contributed by atoms with E-state index < -0.39 is 0 Å². The van der Waals surface area contributed by atoms with Crippen LogP contribution in [0.25, 0.3) is 0 Å². The molecule has 1 N–H and O–H groups in total. The summed E-state index contributed by atoms with van der Waals surface area (Å²) in [7, 11) is 2.25. The number of hydrogen-bond donors (Lipinski definition) is 1. The molecule has 1 rings (SSSR count). The zero-order chi connectivity index (χ0) is 14.7. The highest BCUT2D eigenvalue weighted by atomic mass is 16.3. The lowest BCUT2D eigenvalue weighted by atomic mass is 9.77.